The number of benzene rings is 1. The van der Waals surface area contributed by atoms with Gasteiger partial charge in [-0.1, -0.05) is 6.42 Å². The fourth-order valence-corrected chi connectivity index (χ4v) is 3.97. The van der Waals surface area contributed by atoms with E-state index in [9.17, 15) is 9.18 Å². The molecular formula is C19H19FN4OS. The summed E-state index contributed by atoms with van der Waals surface area (Å²) in [6, 6.07) is 8.26. The van der Waals surface area contributed by atoms with Crippen LogP contribution in [0.15, 0.2) is 30.3 Å². The van der Waals surface area contributed by atoms with Gasteiger partial charge in [0.2, 0.25) is 0 Å². The molecule has 0 fully saturated rings. The zero-order valence-corrected chi connectivity index (χ0v) is 15.3. The van der Waals surface area contributed by atoms with E-state index in [4.69, 9.17) is 0 Å². The number of anilines is 1. The summed E-state index contributed by atoms with van der Waals surface area (Å²) < 4.78 is 16.5. The molecule has 1 aliphatic rings. The maximum Gasteiger partial charge on any atom is 0.265 e. The van der Waals surface area contributed by atoms with Crippen LogP contribution in [0.2, 0.25) is 0 Å². The van der Waals surface area contributed by atoms with Crippen molar-refractivity contribution in [2.45, 2.75) is 39.2 Å². The first-order valence-corrected chi connectivity index (χ1v) is 9.53. The fraction of sp³-hybridized carbons (Fsp3) is 0.316. The molecule has 2 aromatic heterocycles. The maximum absolute atomic E-state index is 14.5. The number of aromatic nitrogens is 3. The lowest BCUT2D eigenvalue weighted by Crippen LogP contribution is -2.10. The summed E-state index contributed by atoms with van der Waals surface area (Å²) in [6.07, 6.45) is 4.12. The summed E-state index contributed by atoms with van der Waals surface area (Å²) in [7, 11) is 0. The molecule has 0 saturated carbocycles. The number of nitrogens with zero attached hydrogens (tertiary/aromatic N) is 3. The predicted octanol–water partition coefficient (Wildman–Crippen LogP) is 4.43. The summed E-state index contributed by atoms with van der Waals surface area (Å²) in [5, 5.41) is 11.3. The lowest BCUT2D eigenvalue weighted by molar-refractivity contribution is 0.103. The minimum atomic E-state index is -0.366. The average Bonchev–Trinajstić information content (AvgIpc) is 3.16. The van der Waals surface area contributed by atoms with Gasteiger partial charge in [-0.2, -0.15) is 0 Å². The van der Waals surface area contributed by atoms with E-state index in [1.54, 1.807) is 18.2 Å². The van der Waals surface area contributed by atoms with Crippen molar-refractivity contribution in [1.29, 1.82) is 0 Å². The van der Waals surface area contributed by atoms with Crippen LogP contribution in [0.5, 0.6) is 0 Å². The molecule has 1 N–H and O–H groups in total. The molecule has 4 rings (SSSR count). The highest BCUT2D eigenvalue weighted by Gasteiger charge is 2.19. The highest BCUT2D eigenvalue weighted by atomic mass is 32.1. The third-order valence-electron chi connectivity index (χ3n) is 4.54. The Morgan fingerprint density at radius 1 is 1.19 bits per heavy atom. The van der Waals surface area contributed by atoms with E-state index in [2.05, 4.69) is 15.5 Å². The van der Waals surface area contributed by atoms with Gasteiger partial charge in [0.25, 0.3) is 5.91 Å². The number of amides is 1. The van der Waals surface area contributed by atoms with Crippen LogP contribution in [0.4, 0.5) is 10.1 Å². The second kappa shape index (κ2) is 6.99. The molecule has 0 bridgehead atoms. The Morgan fingerprint density at radius 3 is 2.88 bits per heavy atom. The number of fused-ring (bicyclic) bond motifs is 1. The van der Waals surface area contributed by atoms with Gasteiger partial charge >= 0.3 is 0 Å². The second-order valence-electron chi connectivity index (χ2n) is 6.46. The monoisotopic (exact) mass is 370 g/mol. The summed E-state index contributed by atoms with van der Waals surface area (Å²) in [5.74, 6) is 0.873. The van der Waals surface area contributed by atoms with Crippen LogP contribution >= 0.6 is 11.3 Å². The first-order chi connectivity index (χ1) is 12.6. The number of nitrogens with one attached hydrogen (secondary N) is 1. The van der Waals surface area contributed by atoms with Crippen molar-refractivity contribution >= 4 is 22.9 Å². The Labute approximate surface area is 154 Å². The van der Waals surface area contributed by atoms with Crippen molar-refractivity contribution in [3.8, 4) is 11.4 Å². The highest BCUT2D eigenvalue weighted by Crippen LogP contribution is 2.28. The Bertz CT molecular complexity index is 962. The van der Waals surface area contributed by atoms with Gasteiger partial charge in [0.05, 0.1) is 10.4 Å². The van der Waals surface area contributed by atoms with Crippen LogP contribution in [0, 0.1) is 12.7 Å². The van der Waals surface area contributed by atoms with Crippen molar-refractivity contribution in [3.63, 3.8) is 0 Å². The Kier molecular flexibility index (Phi) is 4.55. The Hall–Kier alpha value is -2.54. The number of carbonyl (C=O) groups excluding carboxylic acids is 1. The number of hydrogen-bond acceptors (Lipinski definition) is 4. The molecule has 1 aromatic carbocycles. The molecule has 0 atom stereocenters. The van der Waals surface area contributed by atoms with Crippen molar-refractivity contribution in [2.75, 3.05) is 5.32 Å². The number of thiophene rings is 1. The molecule has 0 radical (unpaired) electrons. The molecule has 0 unspecified atom stereocenters. The lowest BCUT2D eigenvalue weighted by atomic mass is 10.1. The number of carbonyl (C=O) groups is 1. The van der Waals surface area contributed by atoms with Gasteiger partial charge < -0.3 is 9.88 Å². The number of aryl methyl sites for hydroxylation is 2. The highest BCUT2D eigenvalue weighted by molar-refractivity contribution is 7.14. The molecule has 1 amide bonds. The summed E-state index contributed by atoms with van der Waals surface area (Å²) >= 11 is 1.43. The van der Waals surface area contributed by atoms with Gasteiger partial charge in [0.15, 0.2) is 5.82 Å². The van der Waals surface area contributed by atoms with Crippen LogP contribution in [0.25, 0.3) is 11.4 Å². The SMILES string of the molecule is Cc1ccc(C(=O)Nc2ccc(F)c(-c3nnc4n3CCCCC4)c2)s1. The molecule has 26 heavy (non-hydrogen) atoms. The third kappa shape index (κ3) is 3.26. The van der Waals surface area contributed by atoms with E-state index in [0.717, 1.165) is 42.9 Å². The topological polar surface area (TPSA) is 59.8 Å². The number of hydrogen-bond donors (Lipinski definition) is 1. The summed E-state index contributed by atoms with van der Waals surface area (Å²) in [5.41, 5.74) is 0.911. The zero-order chi connectivity index (χ0) is 18.1. The fourth-order valence-electron chi connectivity index (χ4n) is 3.21. The van der Waals surface area contributed by atoms with Gasteiger partial charge in [0, 0.05) is 23.5 Å². The standard InChI is InChI=1S/C19H19FN4OS/c1-12-6-9-16(26-12)19(25)21-13-7-8-15(20)14(11-13)18-23-22-17-5-3-2-4-10-24(17)18/h6-9,11H,2-5,10H2,1H3,(H,21,25). The quantitative estimate of drug-likeness (QED) is 0.742. The molecule has 5 nitrogen and oxygen atoms in total. The molecule has 7 heteroatoms. The maximum atomic E-state index is 14.5. The first-order valence-electron chi connectivity index (χ1n) is 8.71. The third-order valence-corrected chi connectivity index (χ3v) is 5.54. The molecule has 0 saturated heterocycles. The van der Waals surface area contributed by atoms with Crippen LogP contribution in [-0.2, 0) is 13.0 Å². The normalized spacial score (nSPS) is 13.9. The summed E-state index contributed by atoms with van der Waals surface area (Å²) in [6.45, 7) is 2.75. The van der Waals surface area contributed by atoms with Gasteiger partial charge in [-0.15, -0.1) is 21.5 Å². The smallest absolute Gasteiger partial charge is 0.265 e. The van der Waals surface area contributed by atoms with E-state index in [-0.39, 0.29) is 11.7 Å². The molecule has 134 valence electrons. The van der Waals surface area contributed by atoms with Crippen LogP contribution < -0.4 is 5.32 Å². The first kappa shape index (κ1) is 16.9. The molecule has 0 spiro atoms. The Morgan fingerprint density at radius 2 is 2.08 bits per heavy atom. The molecule has 3 aromatic rings. The Balaban J connectivity index is 1.65. The van der Waals surface area contributed by atoms with Crippen molar-refractivity contribution < 1.29 is 9.18 Å². The molecule has 0 aliphatic carbocycles. The van der Waals surface area contributed by atoms with Crippen molar-refractivity contribution in [1.82, 2.24) is 14.8 Å². The molecular weight excluding hydrogens is 351 g/mol. The van der Waals surface area contributed by atoms with E-state index < -0.39 is 0 Å². The van der Waals surface area contributed by atoms with Crippen LogP contribution in [-0.4, -0.2) is 20.7 Å². The summed E-state index contributed by atoms with van der Waals surface area (Å²) in [4.78, 5) is 14.1. The van der Waals surface area contributed by atoms with E-state index in [1.807, 2.05) is 17.6 Å². The minimum Gasteiger partial charge on any atom is -0.321 e. The number of halogens is 1. The van der Waals surface area contributed by atoms with Gasteiger partial charge in [-0.05, 0) is 50.1 Å². The zero-order valence-electron chi connectivity index (χ0n) is 14.5. The van der Waals surface area contributed by atoms with Crippen molar-refractivity contribution in [2.24, 2.45) is 0 Å². The van der Waals surface area contributed by atoms with E-state index in [1.165, 1.54) is 17.4 Å². The van der Waals surface area contributed by atoms with E-state index in [0.29, 0.717) is 22.0 Å². The molecule has 3 heterocycles. The largest absolute Gasteiger partial charge is 0.321 e. The predicted molar refractivity (Wildman–Crippen MR) is 100.0 cm³/mol. The second-order valence-corrected chi connectivity index (χ2v) is 7.75. The van der Waals surface area contributed by atoms with Gasteiger partial charge in [-0.25, -0.2) is 4.39 Å². The van der Waals surface area contributed by atoms with Crippen LogP contribution in [0.1, 0.15) is 39.6 Å². The lowest BCUT2D eigenvalue weighted by Gasteiger charge is -2.10. The van der Waals surface area contributed by atoms with Gasteiger partial charge in [0.1, 0.15) is 11.6 Å². The molecule has 1 aliphatic heterocycles. The minimum absolute atomic E-state index is 0.194. The number of rotatable bonds is 3. The van der Waals surface area contributed by atoms with Gasteiger partial charge in [-0.3, -0.25) is 4.79 Å². The van der Waals surface area contributed by atoms with E-state index >= 15 is 0 Å². The van der Waals surface area contributed by atoms with Crippen molar-refractivity contribution in [3.05, 3.63) is 51.7 Å². The average molecular weight is 370 g/mol. The van der Waals surface area contributed by atoms with Crippen LogP contribution in [0.3, 0.4) is 0 Å².